The lowest BCUT2D eigenvalue weighted by molar-refractivity contribution is -0.510. The van der Waals surface area contributed by atoms with Crippen molar-refractivity contribution in [2.24, 2.45) is 5.73 Å². The molecule has 0 atom stereocenters. The number of nitrogens with two attached hydrogens (primary N) is 2. The van der Waals surface area contributed by atoms with Crippen molar-refractivity contribution in [3.8, 4) is 0 Å². The highest BCUT2D eigenvalue weighted by molar-refractivity contribution is 5.75. The van der Waals surface area contributed by atoms with E-state index in [1.807, 2.05) is 0 Å². The fourth-order valence-electron chi connectivity index (χ4n) is 0.263. The van der Waals surface area contributed by atoms with Crippen LogP contribution in [-0.2, 0) is 4.79 Å². The number of primary amides is 1. The van der Waals surface area contributed by atoms with Crippen LogP contribution in [0.1, 0.15) is 13.8 Å². The molecule has 8 heavy (non-hydrogen) atoms. The van der Waals surface area contributed by atoms with Crippen LogP contribution in [0, 0.1) is 7.05 Å². The van der Waals surface area contributed by atoms with Crippen molar-refractivity contribution in [1.82, 2.24) is 0 Å². The fourth-order valence-corrected chi connectivity index (χ4v) is 0.263. The van der Waals surface area contributed by atoms with Crippen molar-refractivity contribution in [2.45, 2.75) is 19.4 Å². The minimum Gasteiger partial charge on any atom is -0.413 e. The number of carbonyl (C=O) groups is 1. The molecule has 3 heteroatoms. The predicted molar refractivity (Wildman–Crippen MR) is 30.6 cm³/mol. The van der Waals surface area contributed by atoms with Gasteiger partial charge in [-0.3, -0.25) is 0 Å². The van der Waals surface area contributed by atoms with Gasteiger partial charge in [-0.2, -0.15) is 0 Å². The van der Waals surface area contributed by atoms with Gasteiger partial charge in [0.15, 0.2) is 0 Å². The number of hydrogen-bond donors (Lipinski definition) is 2. The number of carbonyl (C=O) groups excluding carboxylic acids is 1. The molecule has 0 rings (SSSR count). The minimum atomic E-state index is -0.748. The number of amides is 1. The molecule has 0 saturated heterocycles. The standard InChI is InChI=1S/C5H12N2O/c1-5(2,6)4(8)7-3/h3,6-7H2,1-2H3. The Morgan fingerprint density at radius 1 is 1.75 bits per heavy atom. The van der Waals surface area contributed by atoms with Crippen LogP contribution in [0.25, 0.3) is 0 Å². The second-order valence-corrected chi connectivity index (χ2v) is 2.29. The van der Waals surface area contributed by atoms with Crippen LogP contribution in [0.5, 0.6) is 0 Å². The maximum absolute atomic E-state index is 10.6. The molecule has 0 aliphatic rings. The quantitative estimate of drug-likeness (QED) is 0.414. The van der Waals surface area contributed by atoms with Crippen molar-refractivity contribution in [3.05, 3.63) is 7.05 Å². The van der Waals surface area contributed by atoms with E-state index in [1.54, 1.807) is 13.8 Å². The SMILES string of the molecule is [CH2-][NH2+]C(=O)C(C)(C)N. The van der Waals surface area contributed by atoms with Crippen molar-refractivity contribution < 1.29 is 10.1 Å². The summed E-state index contributed by atoms with van der Waals surface area (Å²) in [5.41, 5.74) is 4.62. The smallest absolute Gasteiger partial charge is 0.303 e. The summed E-state index contributed by atoms with van der Waals surface area (Å²) in [5, 5.41) is 1.24. The average molecular weight is 116 g/mol. The van der Waals surface area contributed by atoms with Crippen LogP contribution in [0.2, 0.25) is 0 Å². The Morgan fingerprint density at radius 3 is 2.12 bits per heavy atom. The Bertz CT molecular complexity index is 93.1. The third-order valence-corrected chi connectivity index (χ3v) is 0.820. The monoisotopic (exact) mass is 116 g/mol. The molecular weight excluding hydrogens is 104 g/mol. The second-order valence-electron chi connectivity index (χ2n) is 2.29. The molecule has 1 amide bonds. The van der Waals surface area contributed by atoms with Crippen LogP contribution in [0.3, 0.4) is 0 Å². The minimum absolute atomic E-state index is 0.127. The highest BCUT2D eigenvalue weighted by Gasteiger charge is 2.21. The van der Waals surface area contributed by atoms with Crippen molar-refractivity contribution >= 4 is 5.91 Å². The molecule has 0 aliphatic heterocycles. The van der Waals surface area contributed by atoms with E-state index in [1.165, 1.54) is 5.32 Å². The summed E-state index contributed by atoms with van der Waals surface area (Å²) in [6.45, 7) is 3.30. The molecule has 48 valence electrons. The summed E-state index contributed by atoms with van der Waals surface area (Å²) in [7, 11) is 3.30. The van der Waals surface area contributed by atoms with Gasteiger partial charge >= 0.3 is 5.91 Å². The molecule has 0 aromatic heterocycles. The summed E-state index contributed by atoms with van der Waals surface area (Å²) in [6.07, 6.45) is 0. The molecule has 0 bridgehead atoms. The first-order valence-corrected chi connectivity index (χ1v) is 2.44. The van der Waals surface area contributed by atoms with Crippen molar-refractivity contribution in [3.63, 3.8) is 0 Å². The van der Waals surface area contributed by atoms with E-state index in [4.69, 9.17) is 5.73 Å². The summed E-state index contributed by atoms with van der Waals surface area (Å²) in [6, 6.07) is 0. The van der Waals surface area contributed by atoms with E-state index in [9.17, 15) is 4.79 Å². The van der Waals surface area contributed by atoms with E-state index >= 15 is 0 Å². The largest absolute Gasteiger partial charge is 0.413 e. The molecule has 0 aromatic rings. The lowest BCUT2D eigenvalue weighted by Crippen LogP contribution is -2.87. The third-order valence-electron chi connectivity index (χ3n) is 0.820. The highest BCUT2D eigenvalue weighted by Crippen LogP contribution is 1.90. The van der Waals surface area contributed by atoms with Gasteiger partial charge in [0.1, 0.15) is 5.54 Å². The summed E-state index contributed by atoms with van der Waals surface area (Å²) >= 11 is 0. The van der Waals surface area contributed by atoms with Gasteiger partial charge in [-0.1, -0.05) is 0 Å². The lowest BCUT2D eigenvalue weighted by atomic mass is 10.1. The Hall–Kier alpha value is -0.410. The normalized spacial score (nSPS) is 11.5. The van der Waals surface area contributed by atoms with Gasteiger partial charge in [0.2, 0.25) is 0 Å². The molecule has 0 aromatic carbocycles. The van der Waals surface area contributed by atoms with Gasteiger partial charge in [-0.25, -0.2) is 4.79 Å². The van der Waals surface area contributed by atoms with Gasteiger partial charge in [0, 0.05) is 0 Å². The van der Waals surface area contributed by atoms with Gasteiger partial charge in [-0.15, -0.1) is 7.05 Å². The summed E-state index contributed by atoms with van der Waals surface area (Å²) in [4.78, 5) is 10.6. The summed E-state index contributed by atoms with van der Waals surface area (Å²) in [5.74, 6) is -0.127. The Balaban J connectivity index is 3.82. The third kappa shape index (κ3) is 2.04. The molecule has 0 heterocycles. The van der Waals surface area contributed by atoms with Crippen LogP contribution in [0.4, 0.5) is 0 Å². The van der Waals surface area contributed by atoms with E-state index in [0.717, 1.165) is 0 Å². The highest BCUT2D eigenvalue weighted by atomic mass is 16.2. The number of quaternary nitrogens is 1. The van der Waals surface area contributed by atoms with E-state index in [2.05, 4.69) is 7.05 Å². The van der Waals surface area contributed by atoms with Crippen molar-refractivity contribution in [1.29, 1.82) is 0 Å². The molecule has 3 nitrogen and oxygen atoms in total. The zero-order chi connectivity index (χ0) is 6.78. The zero-order valence-electron chi connectivity index (χ0n) is 5.27. The Kier molecular flexibility index (Phi) is 2.12. The first-order chi connectivity index (χ1) is 3.48. The molecule has 0 radical (unpaired) electrons. The van der Waals surface area contributed by atoms with Crippen LogP contribution < -0.4 is 11.1 Å². The first kappa shape index (κ1) is 7.59. The maximum Gasteiger partial charge on any atom is 0.303 e. The molecular formula is C5H12N2O. The van der Waals surface area contributed by atoms with Gasteiger partial charge in [-0.05, 0) is 13.8 Å². The number of hydrogen-bond acceptors (Lipinski definition) is 2. The maximum atomic E-state index is 10.6. The van der Waals surface area contributed by atoms with Gasteiger partial charge in [0.05, 0.1) is 0 Å². The van der Waals surface area contributed by atoms with Gasteiger partial charge < -0.3 is 11.1 Å². The van der Waals surface area contributed by atoms with E-state index < -0.39 is 5.54 Å². The van der Waals surface area contributed by atoms with E-state index in [0.29, 0.717) is 0 Å². The zero-order valence-corrected chi connectivity index (χ0v) is 5.27. The molecule has 0 fully saturated rings. The second kappa shape index (κ2) is 2.24. The lowest BCUT2D eigenvalue weighted by Gasteiger charge is -2.13. The average Bonchev–Trinajstić information content (AvgIpc) is 1.62. The Morgan fingerprint density at radius 2 is 2.12 bits per heavy atom. The molecule has 0 unspecified atom stereocenters. The summed E-state index contributed by atoms with van der Waals surface area (Å²) < 4.78 is 0. The number of rotatable bonds is 1. The molecule has 0 aliphatic carbocycles. The van der Waals surface area contributed by atoms with Crippen LogP contribution >= 0.6 is 0 Å². The molecule has 4 N–H and O–H groups in total. The topological polar surface area (TPSA) is 59.7 Å². The predicted octanol–water partition coefficient (Wildman–Crippen LogP) is -1.39. The van der Waals surface area contributed by atoms with Crippen molar-refractivity contribution in [2.75, 3.05) is 0 Å². The van der Waals surface area contributed by atoms with Crippen LogP contribution in [0.15, 0.2) is 0 Å². The fraction of sp³-hybridized carbons (Fsp3) is 0.600. The van der Waals surface area contributed by atoms with E-state index in [-0.39, 0.29) is 5.91 Å². The van der Waals surface area contributed by atoms with Crippen LogP contribution in [-0.4, -0.2) is 11.4 Å². The molecule has 0 saturated carbocycles. The molecule has 0 spiro atoms. The first-order valence-electron chi connectivity index (χ1n) is 2.44. The van der Waals surface area contributed by atoms with Gasteiger partial charge in [0.25, 0.3) is 0 Å². The Labute approximate surface area is 49.3 Å².